The minimum atomic E-state index is -0.778. The summed E-state index contributed by atoms with van der Waals surface area (Å²) in [6, 6.07) is 12.7. The Kier molecular flexibility index (Phi) is 8.13. The van der Waals surface area contributed by atoms with Crippen molar-refractivity contribution in [3.05, 3.63) is 85.2 Å². The summed E-state index contributed by atoms with van der Waals surface area (Å²) in [5.74, 6) is 1.29. The number of hydrazone groups is 1. The number of ether oxygens (including phenoxy) is 2. The number of rotatable bonds is 8. The fraction of sp³-hybridized carbons (Fsp3) is 0.310. The summed E-state index contributed by atoms with van der Waals surface area (Å²) >= 11 is 5.14. The first-order valence-electron chi connectivity index (χ1n) is 12.7. The Labute approximate surface area is 238 Å². The number of hydrogen-bond donors (Lipinski definition) is 1. The van der Waals surface area contributed by atoms with Gasteiger partial charge in [-0.3, -0.25) is 14.2 Å². The maximum absolute atomic E-state index is 13.3. The van der Waals surface area contributed by atoms with E-state index in [1.54, 1.807) is 31.4 Å². The second kappa shape index (κ2) is 11.7. The highest BCUT2D eigenvalue weighted by Gasteiger charge is 2.25. The lowest BCUT2D eigenvalue weighted by Gasteiger charge is -2.18. The Morgan fingerprint density at radius 1 is 1.33 bits per heavy atom. The third-order valence-electron chi connectivity index (χ3n) is 6.90. The second-order valence-electron chi connectivity index (χ2n) is 9.71. The van der Waals surface area contributed by atoms with Gasteiger partial charge in [0.2, 0.25) is 0 Å². The standard InChI is InChI=1S/C29H29BrN4O4S/c1-17-9-10-21-24(11-17)39-28-25(21)29(36)34(16-31-28)18(2)27(35)33-32-14-20-12-22(30)26(23(13-20)37-3)38-15-19-7-5-4-6-8-19/h4-8,12-14,16-18H,9-11,15H2,1-3H3,(H,33,35)/b32-14-/t17-,18-/m0/s1. The van der Waals surface area contributed by atoms with Gasteiger partial charge in [0.1, 0.15) is 17.5 Å². The van der Waals surface area contributed by atoms with Crippen molar-refractivity contribution in [1.29, 1.82) is 0 Å². The summed E-state index contributed by atoms with van der Waals surface area (Å²) in [5, 5.41) is 4.76. The molecule has 5 rings (SSSR count). The Morgan fingerprint density at radius 2 is 2.13 bits per heavy atom. The first-order valence-corrected chi connectivity index (χ1v) is 14.3. The van der Waals surface area contributed by atoms with Gasteiger partial charge in [-0.25, -0.2) is 10.4 Å². The Morgan fingerprint density at radius 3 is 2.90 bits per heavy atom. The number of hydrogen-bond acceptors (Lipinski definition) is 7. The smallest absolute Gasteiger partial charge is 0.263 e. The predicted octanol–water partition coefficient (Wildman–Crippen LogP) is 5.64. The summed E-state index contributed by atoms with van der Waals surface area (Å²) in [4.78, 5) is 32.7. The number of halogens is 1. The molecule has 10 heteroatoms. The van der Waals surface area contributed by atoms with Crippen LogP contribution in [0.1, 0.15) is 47.9 Å². The van der Waals surface area contributed by atoms with Crippen molar-refractivity contribution in [3.8, 4) is 11.5 Å². The number of fused-ring (bicyclic) bond motifs is 3. The number of nitrogens with zero attached hydrogens (tertiary/aromatic N) is 3. The monoisotopic (exact) mass is 608 g/mol. The summed E-state index contributed by atoms with van der Waals surface area (Å²) in [6.45, 7) is 4.29. The Hall–Kier alpha value is -3.50. The highest BCUT2D eigenvalue weighted by Crippen LogP contribution is 2.37. The largest absolute Gasteiger partial charge is 0.493 e. The minimum absolute atomic E-state index is 0.182. The average Bonchev–Trinajstić information content (AvgIpc) is 3.30. The molecule has 0 fully saturated rings. The van der Waals surface area contributed by atoms with Crippen LogP contribution in [0.4, 0.5) is 0 Å². The maximum atomic E-state index is 13.3. The molecule has 1 aliphatic carbocycles. The van der Waals surface area contributed by atoms with Crippen LogP contribution in [0.15, 0.2) is 63.2 Å². The van der Waals surface area contributed by atoms with Gasteiger partial charge in [0.25, 0.3) is 11.5 Å². The lowest BCUT2D eigenvalue weighted by atomic mass is 9.89. The van der Waals surface area contributed by atoms with E-state index in [1.807, 2.05) is 36.4 Å². The minimum Gasteiger partial charge on any atom is -0.493 e. The van der Waals surface area contributed by atoms with Gasteiger partial charge >= 0.3 is 0 Å². The summed E-state index contributed by atoms with van der Waals surface area (Å²) in [5.41, 5.74) is 5.19. The molecule has 0 spiro atoms. The lowest BCUT2D eigenvalue weighted by molar-refractivity contribution is -0.123. The molecule has 2 heterocycles. The SMILES string of the molecule is COc1cc(/C=N\NC(=O)[C@H](C)n2cnc3sc4c(c3c2=O)CC[C@H](C)C4)cc(Br)c1OCc1ccccc1. The van der Waals surface area contributed by atoms with E-state index in [0.29, 0.717) is 39.4 Å². The first-order chi connectivity index (χ1) is 18.9. The van der Waals surface area contributed by atoms with Gasteiger partial charge in [-0.15, -0.1) is 11.3 Å². The molecular weight excluding hydrogens is 580 g/mol. The molecule has 1 amide bonds. The number of aryl methyl sites for hydroxylation is 1. The summed E-state index contributed by atoms with van der Waals surface area (Å²) < 4.78 is 13.6. The molecule has 4 aromatic rings. The number of aromatic nitrogens is 2. The van der Waals surface area contributed by atoms with Crippen molar-refractivity contribution in [2.45, 2.75) is 45.8 Å². The molecule has 0 saturated carbocycles. The third kappa shape index (κ3) is 5.77. The highest BCUT2D eigenvalue weighted by molar-refractivity contribution is 9.10. The van der Waals surface area contributed by atoms with Crippen LogP contribution in [0.5, 0.6) is 11.5 Å². The fourth-order valence-corrected chi connectivity index (χ4v) is 6.61. The van der Waals surface area contributed by atoms with Gasteiger partial charge in [0, 0.05) is 4.88 Å². The van der Waals surface area contributed by atoms with Crippen molar-refractivity contribution < 1.29 is 14.3 Å². The van der Waals surface area contributed by atoms with Gasteiger partial charge in [-0.2, -0.15) is 5.10 Å². The number of benzene rings is 2. The number of thiophene rings is 1. The molecule has 1 aliphatic rings. The lowest BCUT2D eigenvalue weighted by Crippen LogP contribution is -2.34. The molecule has 39 heavy (non-hydrogen) atoms. The van der Waals surface area contributed by atoms with E-state index in [9.17, 15) is 9.59 Å². The van der Waals surface area contributed by atoms with E-state index >= 15 is 0 Å². The van der Waals surface area contributed by atoms with E-state index in [2.05, 4.69) is 38.4 Å². The van der Waals surface area contributed by atoms with Crippen molar-refractivity contribution in [2.24, 2.45) is 11.0 Å². The topological polar surface area (TPSA) is 94.8 Å². The Balaban J connectivity index is 1.28. The molecule has 202 valence electrons. The molecule has 2 atom stereocenters. The van der Waals surface area contributed by atoms with Gasteiger partial charge in [0.05, 0.1) is 29.5 Å². The molecule has 0 aliphatic heterocycles. The average molecular weight is 610 g/mol. The number of nitrogens with one attached hydrogen (secondary N) is 1. The van der Waals surface area contributed by atoms with E-state index in [1.165, 1.54) is 22.0 Å². The summed E-state index contributed by atoms with van der Waals surface area (Å²) in [6.07, 6.45) is 5.87. The zero-order chi connectivity index (χ0) is 27.5. The van der Waals surface area contributed by atoms with E-state index in [-0.39, 0.29) is 5.56 Å². The fourth-order valence-electron chi connectivity index (χ4n) is 4.69. The molecule has 2 aromatic heterocycles. The van der Waals surface area contributed by atoms with Gasteiger partial charge in [-0.1, -0.05) is 37.3 Å². The maximum Gasteiger partial charge on any atom is 0.263 e. The zero-order valence-corrected chi connectivity index (χ0v) is 24.3. The van der Waals surface area contributed by atoms with E-state index < -0.39 is 11.9 Å². The van der Waals surface area contributed by atoms with Crippen LogP contribution >= 0.6 is 27.3 Å². The quantitative estimate of drug-likeness (QED) is 0.206. The number of carbonyl (C=O) groups is 1. The molecule has 1 N–H and O–H groups in total. The van der Waals surface area contributed by atoms with Crippen molar-refractivity contribution in [1.82, 2.24) is 15.0 Å². The Bertz CT molecular complexity index is 1600. The highest BCUT2D eigenvalue weighted by atomic mass is 79.9. The summed E-state index contributed by atoms with van der Waals surface area (Å²) in [7, 11) is 1.56. The molecule has 0 saturated heterocycles. The van der Waals surface area contributed by atoms with E-state index in [4.69, 9.17) is 9.47 Å². The molecule has 0 unspecified atom stereocenters. The zero-order valence-electron chi connectivity index (χ0n) is 21.9. The van der Waals surface area contributed by atoms with Crippen molar-refractivity contribution in [3.63, 3.8) is 0 Å². The van der Waals surface area contributed by atoms with E-state index in [0.717, 1.165) is 35.2 Å². The van der Waals surface area contributed by atoms with Gasteiger partial charge < -0.3 is 9.47 Å². The van der Waals surface area contributed by atoms with Crippen LogP contribution in [0, 0.1) is 5.92 Å². The van der Waals surface area contributed by atoms with Crippen molar-refractivity contribution >= 4 is 49.6 Å². The molecule has 2 aromatic carbocycles. The molecular formula is C29H29BrN4O4S. The van der Waals surface area contributed by atoms with Crippen LogP contribution in [0.3, 0.4) is 0 Å². The van der Waals surface area contributed by atoms with Gasteiger partial charge in [-0.05, 0) is 76.9 Å². The van der Waals surface area contributed by atoms with Crippen LogP contribution in [-0.2, 0) is 24.2 Å². The van der Waals surface area contributed by atoms with Crippen molar-refractivity contribution in [2.75, 3.05) is 7.11 Å². The third-order valence-corrected chi connectivity index (χ3v) is 8.66. The predicted molar refractivity (Wildman–Crippen MR) is 157 cm³/mol. The number of carbonyl (C=O) groups excluding carboxylic acids is 1. The van der Waals surface area contributed by atoms with Crippen LogP contribution in [-0.4, -0.2) is 28.8 Å². The normalized spacial score (nSPS) is 15.7. The molecule has 0 radical (unpaired) electrons. The first kappa shape index (κ1) is 27.1. The molecule has 0 bridgehead atoms. The molecule has 8 nitrogen and oxygen atoms in total. The number of amides is 1. The second-order valence-corrected chi connectivity index (χ2v) is 11.6. The van der Waals surface area contributed by atoms with Crippen LogP contribution < -0.4 is 20.5 Å². The number of methoxy groups -OCH3 is 1. The van der Waals surface area contributed by atoms with Crippen LogP contribution in [0.25, 0.3) is 10.2 Å². The van der Waals surface area contributed by atoms with Crippen LogP contribution in [0.2, 0.25) is 0 Å². The van der Waals surface area contributed by atoms with Gasteiger partial charge in [0.15, 0.2) is 11.5 Å².